The lowest BCUT2D eigenvalue weighted by Crippen LogP contribution is -2.50. The standard InChI is InChI=1S/C21H23NO3/c1-24-18-11-9-16(15-19(18)25-2)10-12-20(23)22-21(13-6-14-21)17-7-4-3-5-8-17/h3-5,7-12,15H,6,13-14H2,1-2H3,(H,22,23)/b12-10+. The lowest BCUT2D eigenvalue weighted by Gasteiger charge is -2.42. The van der Waals surface area contributed by atoms with Crippen LogP contribution in [0.5, 0.6) is 11.5 Å². The molecule has 1 N–H and O–H groups in total. The number of hydrogen-bond acceptors (Lipinski definition) is 3. The Kier molecular flexibility index (Phi) is 5.08. The largest absolute Gasteiger partial charge is 0.493 e. The van der Waals surface area contributed by atoms with Gasteiger partial charge in [-0.1, -0.05) is 36.4 Å². The third-order valence-corrected chi connectivity index (χ3v) is 4.73. The molecule has 0 saturated heterocycles. The van der Waals surface area contributed by atoms with Gasteiger partial charge in [0.1, 0.15) is 0 Å². The van der Waals surface area contributed by atoms with Crippen molar-refractivity contribution in [3.63, 3.8) is 0 Å². The Balaban J connectivity index is 1.71. The number of carbonyl (C=O) groups is 1. The highest BCUT2D eigenvalue weighted by Gasteiger charge is 2.39. The van der Waals surface area contributed by atoms with E-state index in [-0.39, 0.29) is 11.4 Å². The van der Waals surface area contributed by atoms with Crippen molar-refractivity contribution in [1.29, 1.82) is 0 Å². The molecule has 0 radical (unpaired) electrons. The fourth-order valence-corrected chi connectivity index (χ4v) is 3.18. The first-order valence-electron chi connectivity index (χ1n) is 8.45. The third kappa shape index (κ3) is 3.68. The van der Waals surface area contributed by atoms with Gasteiger partial charge in [0.15, 0.2) is 11.5 Å². The number of ether oxygens (including phenoxy) is 2. The summed E-state index contributed by atoms with van der Waals surface area (Å²) in [5, 5.41) is 3.19. The molecule has 2 aromatic carbocycles. The third-order valence-electron chi connectivity index (χ3n) is 4.73. The Morgan fingerprint density at radius 3 is 2.36 bits per heavy atom. The van der Waals surface area contributed by atoms with Crippen LogP contribution in [0.25, 0.3) is 6.08 Å². The highest BCUT2D eigenvalue weighted by atomic mass is 16.5. The molecule has 4 heteroatoms. The average Bonchev–Trinajstić information content (AvgIpc) is 2.63. The van der Waals surface area contributed by atoms with Crippen LogP contribution in [0.1, 0.15) is 30.4 Å². The van der Waals surface area contributed by atoms with Gasteiger partial charge in [0.2, 0.25) is 5.91 Å². The van der Waals surface area contributed by atoms with E-state index in [0.717, 1.165) is 24.8 Å². The number of benzene rings is 2. The van der Waals surface area contributed by atoms with Crippen molar-refractivity contribution in [3.05, 3.63) is 65.7 Å². The second kappa shape index (κ2) is 7.43. The molecule has 25 heavy (non-hydrogen) atoms. The minimum atomic E-state index is -0.222. The number of nitrogens with one attached hydrogen (secondary N) is 1. The van der Waals surface area contributed by atoms with Gasteiger partial charge in [-0.3, -0.25) is 4.79 Å². The summed E-state index contributed by atoms with van der Waals surface area (Å²) >= 11 is 0. The van der Waals surface area contributed by atoms with Crippen molar-refractivity contribution >= 4 is 12.0 Å². The van der Waals surface area contributed by atoms with Crippen LogP contribution >= 0.6 is 0 Å². The van der Waals surface area contributed by atoms with Gasteiger partial charge in [-0.2, -0.15) is 0 Å². The van der Waals surface area contributed by atoms with Crippen LogP contribution in [0.2, 0.25) is 0 Å². The van der Waals surface area contributed by atoms with E-state index < -0.39 is 0 Å². The molecule has 0 unspecified atom stereocenters. The first kappa shape index (κ1) is 17.1. The van der Waals surface area contributed by atoms with E-state index in [2.05, 4.69) is 17.4 Å². The molecule has 0 atom stereocenters. The lowest BCUT2D eigenvalue weighted by molar-refractivity contribution is -0.119. The first-order valence-corrected chi connectivity index (χ1v) is 8.45. The van der Waals surface area contributed by atoms with Crippen LogP contribution in [0.3, 0.4) is 0 Å². The van der Waals surface area contributed by atoms with Crippen molar-refractivity contribution in [2.24, 2.45) is 0 Å². The molecule has 0 spiro atoms. The van der Waals surface area contributed by atoms with Crippen LogP contribution in [0.4, 0.5) is 0 Å². The van der Waals surface area contributed by atoms with Crippen molar-refractivity contribution in [2.75, 3.05) is 14.2 Å². The molecule has 4 nitrogen and oxygen atoms in total. The average molecular weight is 337 g/mol. The Bertz CT molecular complexity index is 764. The van der Waals surface area contributed by atoms with Gasteiger partial charge < -0.3 is 14.8 Å². The van der Waals surface area contributed by atoms with Crippen molar-refractivity contribution < 1.29 is 14.3 Å². The summed E-state index contributed by atoms with van der Waals surface area (Å²) < 4.78 is 10.5. The molecule has 130 valence electrons. The summed E-state index contributed by atoms with van der Waals surface area (Å²) in [4.78, 5) is 12.4. The maximum atomic E-state index is 12.4. The fourth-order valence-electron chi connectivity index (χ4n) is 3.18. The molecular formula is C21H23NO3. The first-order chi connectivity index (χ1) is 12.2. The van der Waals surface area contributed by atoms with E-state index in [9.17, 15) is 4.79 Å². The number of rotatable bonds is 6. The highest BCUT2D eigenvalue weighted by Crippen LogP contribution is 2.41. The van der Waals surface area contributed by atoms with Crippen LogP contribution in [-0.4, -0.2) is 20.1 Å². The van der Waals surface area contributed by atoms with Crippen molar-refractivity contribution in [3.8, 4) is 11.5 Å². The molecule has 1 aliphatic carbocycles. The van der Waals surface area contributed by atoms with Gasteiger partial charge in [0.25, 0.3) is 0 Å². The van der Waals surface area contributed by atoms with Crippen molar-refractivity contribution in [1.82, 2.24) is 5.32 Å². The molecule has 1 amide bonds. The Morgan fingerprint density at radius 1 is 1.04 bits per heavy atom. The van der Waals surface area contributed by atoms with Crippen LogP contribution < -0.4 is 14.8 Å². The quantitative estimate of drug-likeness (QED) is 0.813. The van der Waals surface area contributed by atoms with Gasteiger partial charge in [0, 0.05) is 6.08 Å². The summed E-state index contributed by atoms with van der Waals surface area (Å²) in [6.07, 6.45) is 6.45. The number of amides is 1. The van der Waals surface area contributed by atoms with Gasteiger partial charge in [-0.25, -0.2) is 0 Å². The van der Waals surface area contributed by atoms with Crippen molar-refractivity contribution in [2.45, 2.75) is 24.8 Å². The zero-order chi connectivity index (χ0) is 17.7. The number of carbonyl (C=O) groups excluding carboxylic acids is 1. The van der Waals surface area contributed by atoms with E-state index in [1.165, 1.54) is 5.56 Å². The van der Waals surface area contributed by atoms with E-state index in [4.69, 9.17) is 9.47 Å². The van der Waals surface area contributed by atoms with E-state index in [0.29, 0.717) is 11.5 Å². The Hall–Kier alpha value is -2.75. The summed E-state index contributed by atoms with van der Waals surface area (Å²) in [6.45, 7) is 0. The zero-order valence-electron chi connectivity index (χ0n) is 14.6. The highest BCUT2D eigenvalue weighted by molar-refractivity contribution is 5.92. The molecule has 0 aliphatic heterocycles. The minimum Gasteiger partial charge on any atom is -0.493 e. The zero-order valence-corrected chi connectivity index (χ0v) is 14.6. The van der Waals surface area contributed by atoms with E-state index in [1.54, 1.807) is 26.4 Å². The summed E-state index contributed by atoms with van der Waals surface area (Å²) in [5.41, 5.74) is 1.84. The van der Waals surface area contributed by atoms with Crippen LogP contribution in [0, 0.1) is 0 Å². The van der Waals surface area contributed by atoms with Gasteiger partial charge in [0.05, 0.1) is 19.8 Å². The Labute approximate surface area is 148 Å². The molecule has 1 fully saturated rings. The van der Waals surface area contributed by atoms with Crippen LogP contribution in [0.15, 0.2) is 54.6 Å². The normalized spacial score (nSPS) is 15.4. The minimum absolute atomic E-state index is 0.0849. The topological polar surface area (TPSA) is 47.6 Å². The molecule has 0 bridgehead atoms. The predicted molar refractivity (Wildman–Crippen MR) is 98.7 cm³/mol. The van der Waals surface area contributed by atoms with E-state index >= 15 is 0 Å². The van der Waals surface area contributed by atoms with E-state index in [1.807, 2.05) is 36.4 Å². The molecule has 1 saturated carbocycles. The fraction of sp³-hybridized carbons (Fsp3) is 0.286. The molecule has 3 rings (SSSR count). The van der Waals surface area contributed by atoms with Gasteiger partial charge in [-0.05, 0) is 48.6 Å². The second-order valence-electron chi connectivity index (χ2n) is 6.24. The number of hydrogen-bond donors (Lipinski definition) is 1. The van der Waals surface area contributed by atoms with Crippen LogP contribution in [-0.2, 0) is 10.3 Å². The monoisotopic (exact) mass is 337 g/mol. The molecule has 1 aliphatic rings. The maximum Gasteiger partial charge on any atom is 0.244 e. The van der Waals surface area contributed by atoms with Gasteiger partial charge >= 0.3 is 0 Å². The predicted octanol–water partition coefficient (Wildman–Crippen LogP) is 3.91. The summed E-state index contributed by atoms with van der Waals surface area (Å²) in [5.74, 6) is 1.23. The summed E-state index contributed by atoms with van der Waals surface area (Å²) in [7, 11) is 3.20. The second-order valence-corrected chi connectivity index (χ2v) is 6.24. The maximum absolute atomic E-state index is 12.4. The smallest absolute Gasteiger partial charge is 0.244 e. The van der Waals surface area contributed by atoms with Gasteiger partial charge in [-0.15, -0.1) is 0 Å². The molecule has 0 heterocycles. The molecule has 2 aromatic rings. The number of methoxy groups -OCH3 is 2. The lowest BCUT2D eigenvalue weighted by atomic mass is 9.72. The Morgan fingerprint density at radius 2 is 1.76 bits per heavy atom. The molecule has 0 aromatic heterocycles. The molecular weight excluding hydrogens is 314 g/mol. The SMILES string of the molecule is COc1ccc(/C=C/C(=O)NC2(c3ccccc3)CCC2)cc1OC. The summed E-state index contributed by atoms with van der Waals surface area (Å²) in [6, 6.07) is 15.7.